The van der Waals surface area contributed by atoms with E-state index in [1.54, 1.807) is 6.07 Å². The molecule has 0 unspecified atom stereocenters. The average Bonchev–Trinajstić information content (AvgIpc) is 2.69. The number of aromatic nitrogens is 2. The van der Waals surface area contributed by atoms with Gasteiger partial charge >= 0.3 is 5.97 Å². The molecule has 0 saturated carbocycles. The first-order valence-electron chi connectivity index (χ1n) is 8.76. The minimum atomic E-state index is -1.44. The maximum Gasteiger partial charge on any atom is 0.372 e. The fraction of sp³-hybridized carbons (Fsp3) is 0.182. The van der Waals surface area contributed by atoms with E-state index < -0.39 is 11.8 Å². The molecular formula is C22H20N2O3. The van der Waals surface area contributed by atoms with E-state index in [1.165, 1.54) is 17.5 Å². The summed E-state index contributed by atoms with van der Waals surface area (Å²) in [6, 6.07) is 22.0. The second-order valence-electron chi connectivity index (χ2n) is 6.42. The monoisotopic (exact) mass is 360 g/mol. The molecule has 136 valence electrons. The van der Waals surface area contributed by atoms with Gasteiger partial charge in [0.1, 0.15) is 6.33 Å². The van der Waals surface area contributed by atoms with Crippen LogP contribution in [0.1, 0.15) is 28.4 Å². The highest BCUT2D eigenvalue weighted by Crippen LogP contribution is 2.24. The number of Topliss-reactive ketones (excluding diaryl/α,β-unsaturated/α-hetero) is 1. The minimum absolute atomic E-state index is 0.0940. The van der Waals surface area contributed by atoms with E-state index in [1.807, 2.05) is 36.4 Å². The lowest BCUT2D eigenvalue weighted by atomic mass is 9.89. The van der Waals surface area contributed by atoms with E-state index in [0.717, 1.165) is 18.5 Å². The largest absolute Gasteiger partial charge is 0.475 e. The van der Waals surface area contributed by atoms with Crippen molar-refractivity contribution in [3.05, 3.63) is 95.6 Å². The summed E-state index contributed by atoms with van der Waals surface area (Å²) < 4.78 is 0. The van der Waals surface area contributed by atoms with E-state index >= 15 is 0 Å². The van der Waals surface area contributed by atoms with E-state index in [0.29, 0.717) is 5.69 Å². The standard InChI is InChI=1S/C22H20N2O3/c25-21(22(26)27)14-19-13-20(24-15-23-19)18(11-16-7-3-1-4-8-16)12-17-9-5-2-6-10-17/h1-10,13,15,18H,11-12,14H2,(H,26,27). The Balaban J connectivity index is 1.87. The Hall–Kier alpha value is -3.34. The van der Waals surface area contributed by atoms with Crippen LogP contribution < -0.4 is 0 Å². The Bertz CT molecular complexity index is 870. The maximum absolute atomic E-state index is 11.5. The lowest BCUT2D eigenvalue weighted by Gasteiger charge is -2.17. The fourth-order valence-electron chi connectivity index (χ4n) is 3.05. The van der Waals surface area contributed by atoms with Crippen LogP contribution in [0.4, 0.5) is 0 Å². The van der Waals surface area contributed by atoms with E-state index in [-0.39, 0.29) is 12.3 Å². The molecule has 5 heteroatoms. The molecule has 1 N–H and O–H groups in total. The van der Waals surface area contributed by atoms with Crippen molar-refractivity contribution in [1.82, 2.24) is 9.97 Å². The first-order valence-corrected chi connectivity index (χ1v) is 8.76. The van der Waals surface area contributed by atoms with Crippen LogP contribution in [-0.4, -0.2) is 26.8 Å². The molecule has 0 spiro atoms. The smallest absolute Gasteiger partial charge is 0.372 e. The first-order chi connectivity index (χ1) is 13.1. The Morgan fingerprint density at radius 1 is 0.852 bits per heavy atom. The number of aliphatic carboxylic acids is 1. The summed E-state index contributed by atoms with van der Waals surface area (Å²) >= 11 is 0. The minimum Gasteiger partial charge on any atom is -0.475 e. The summed E-state index contributed by atoms with van der Waals surface area (Å²) in [6.07, 6.45) is 2.76. The van der Waals surface area contributed by atoms with Crippen molar-refractivity contribution in [2.75, 3.05) is 0 Å². The SMILES string of the molecule is O=C(O)C(=O)Cc1cc(C(Cc2ccccc2)Cc2ccccc2)ncn1. The van der Waals surface area contributed by atoms with Gasteiger partial charge in [0, 0.05) is 11.6 Å². The Kier molecular flexibility index (Phi) is 6.05. The second-order valence-corrected chi connectivity index (χ2v) is 6.42. The number of nitrogens with zero attached hydrogens (tertiary/aromatic N) is 2. The number of benzene rings is 2. The van der Waals surface area contributed by atoms with Crippen LogP contribution in [0.3, 0.4) is 0 Å². The van der Waals surface area contributed by atoms with Crippen molar-refractivity contribution in [1.29, 1.82) is 0 Å². The Morgan fingerprint density at radius 3 is 1.93 bits per heavy atom. The van der Waals surface area contributed by atoms with Crippen LogP contribution in [0, 0.1) is 0 Å². The number of carboxylic acid groups (broad SMARTS) is 1. The lowest BCUT2D eigenvalue weighted by Crippen LogP contribution is -2.17. The molecule has 3 aromatic rings. The van der Waals surface area contributed by atoms with Crippen LogP contribution >= 0.6 is 0 Å². The predicted molar refractivity (Wildman–Crippen MR) is 101 cm³/mol. The van der Waals surface area contributed by atoms with Gasteiger partial charge in [0.2, 0.25) is 5.78 Å². The Labute approximate surface area is 157 Å². The quantitative estimate of drug-likeness (QED) is 0.624. The summed E-state index contributed by atoms with van der Waals surface area (Å²) in [6.45, 7) is 0. The molecule has 0 saturated heterocycles. The van der Waals surface area contributed by atoms with Crippen LogP contribution in [0.15, 0.2) is 73.1 Å². The zero-order valence-corrected chi connectivity index (χ0v) is 14.8. The number of carboxylic acids is 1. The zero-order chi connectivity index (χ0) is 19.1. The van der Waals surface area contributed by atoms with Crippen molar-refractivity contribution in [3.63, 3.8) is 0 Å². The number of carbonyl (C=O) groups is 2. The van der Waals surface area contributed by atoms with Gasteiger partial charge in [-0.1, -0.05) is 60.7 Å². The van der Waals surface area contributed by atoms with Crippen molar-refractivity contribution in [2.24, 2.45) is 0 Å². The molecule has 27 heavy (non-hydrogen) atoms. The molecule has 0 aliphatic rings. The zero-order valence-electron chi connectivity index (χ0n) is 14.8. The normalized spacial score (nSPS) is 10.7. The molecule has 1 aromatic heterocycles. The topological polar surface area (TPSA) is 80.1 Å². The summed E-state index contributed by atoms with van der Waals surface area (Å²) in [5.74, 6) is -2.22. The molecule has 0 radical (unpaired) electrons. The summed E-state index contributed by atoms with van der Waals surface area (Å²) in [5.41, 5.74) is 3.63. The van der Waals surface area contributed by atoms with Gasteiger partial charge < -0.3 is 5.11 Å². The van der Waals surface area contributed by atoms with E-state index in [4.69, 9.17) is 5.11 Å². The molecular weight excluding hydrogens is 340 g/mol. The second kappa shape index (κ2) is 8.85. The van der Waals surface area contributed by atoms with Crippen LogP contribution in [0.25, 0.3) is 0 Å². The van der Waals surface area contributed by atoms with Gasteiger partial charge in [0.15, 0.2) is 0 Å². The van der Waals surface area contributed by atoms with Gasteiger partial charge in [-0.05, 0) is 30.0 Å². The molecule has 2 aromatic carbocycles. The van der Waals surface area contributed by atoms with Gasteiger partial charge in [0.05, 0.1) is 12.1 Å². The molecule has 3 rings (SSSR count). The van der Waals surface area contributed by atoms with Gasteiger partial charge in [0.25, 0.3) is 0 Å². The number of rotatable bonds is 8. The fourth-order valence-corrected chi connectivity index (χ4v) is 3.05. The first kappa shape index (κ1) is 18.5. The summed E-state index contributed by atoms with van der Waals surface area (Å²) in [7, 11) is 0. The van der Waals surface area contributed by atoms with Gasteiger partial charge in [-0.3, -0.25) is 4.79 Å². The maximum atomic E-state index is 11.5. The molecule has 0 bridgehead atoms. The van der Waals surface area contributed by atoms with Gasteiger partial charge in [-0.25, -0.2) is 14.8 Å². The third-order valence-electron chi connectivity index (χ3n) is 4.39. The molecule has 0 atom stereocenters. The van der Waals surface area contributed by atoms with E-state index in [2.05, 4.69) is 34.2 Å². The number of hydrogen-bond acceptors (Lipinski definition) is 4. The van der Waals surface area contributed by atoms with Gasteiger partial charge in [-0.15, -0.1) is 0 Å². The van der Waals surface area contributed by atoms with Crippen LogP contribution in [0.5, 0.6) is 0 Å². The molecule has 1 heterocycles. The summed E-state index contributed by atoms with van der Waals surface area (Å²) in [4.78, 5) is 30.8. The highest BCUT2D eigenvalue weighted by Gasteiger charge is 2.18. The highest BCUT2D eigenvalue weighted by molar-refractivity contribution is 6.33. The molecule has 0 fully saturated rings. The highest BCUT2D eigenvalue weighted by atomic mass is 16.4. The van der Waals surface area contributed by atoms with Crippen molar-refractivity contribution in [3.8, 4) is 0 Å². The predicted octanol–water partition coefficient (Wildman–Crippen LogP) is 3.24. The van der Waals surface area contributed by atoms with Crippen LogP contribution in [0.2, 0.25) is 0 Å². The van der Waals surface area contributed by atoms with Crippen molar-refractivity contribution in [2.45, 2.75) is 25.2 Å². The number of hydrogen-bond donors (Lipinski definition) is 1. The third kappa shape index (κ3) is 5.31. The number of carbonyl (C=O) groups excluding carboxylic acids is 1. The summed E-state index contributed by atoms with van der Waals surface area (Å²) in [5, 5.41) is 8.82. The Morgan fingerprint density at radius 2 is 1.41 bits per heavy atom. The van der Waals surface area contributed by atoms with Crippen LogP contribution in [-0.2, 0) is 28.9 Å². The van der Waals surface area contributed by atoms with Crippen molar-refractivity contribution >= 4 is 11.8 Å². The molecule has 5 nitrogen and oxygen atoms in total. The van der Waals surface area contributed by atoms with Gasteiger partial charge in [-0.2, -0.15) is 0 Å². The van der Waals surface area contributed by atoms with Crippen molar-refractivity contribution < 1.29 is 14.7 Å². The molecule has 0 amide bonds. The van der Waals surface area contributed by atoms with E-state index in [9.17, 15) is 9.59 Å². The molecule has 0 aliphatic heterocycles. The third-order valence-corrected chi connectivity index (χ3v) is 4.39. The lowest BCUT2D eigenvalue weighted by molar-refractivity contribution is -0.148. The number of ketones is 1. The molecule has 0 aliphatic carbocycles. The average molecular weight is 360 g/mol.